The van der Waals surface area contributed by atoms with Gasteiger partial charge < -0.3 is 9.30 Å². The zero-order valence-electron chi connectivity index (χ0n) is 11.6. The molecule has 0 N–H and O–H groups in total. The number of para-hydroxylation sites is 3. The Kier molecular flexibility index (Phi) is 4.36. The van der Waals surface area contributed by atoms with Crippen LogP contribution in [0.3, 0.4) is 0 Å². The molecule has 2 aromatic carbocycles. The molecular weight excluding hydrogens is 304 g/mol. The number of imidazole rings is 1. The van der Waals surface area contributed by atoms with Crippen LogP contribution >= 0.6 is 23.4 Å². The molecule has 21 heavy (non-hydrogen) atoms. The fourth-order valence-electron chi connectivity index (χ4n) is 2.10. The normalized spacial score (nSPS) is 11.0. The standard InChI is InChI=1S/C16H15ClN2OS/c1-19-14-8-4-3-7-13(14)18-16(19)21-11-10-20-15-9-5-2-6-12(15)17/h2-9H,10-11H2,1H3. The Morgan fingerprint density at radius 2 is 1.90 bits per heavy atom. The second-order valence-electron chi connectivity index (χ2n) is 4.57. The largest absolute Gasteiger partial charge is 0.491 e. The third-order valence-electron chi connectivity index (χ3n) is 3.15. The molecule has 0 atom stereocenters. The highest BCUT2D eigenvalue weighted by Gasteiger charge is 2.07. The second kappa shape index (κ2) is 6.41. The molecule has 0 aliphatic rings. The van der Waals surface area contributed by atoms with Crippen LogP contribution in [0.25, 0.3) is 11.0 Å². The summed E-state index contributed by atoms with van der Waals surface area (Å²) in [6.07, 6.45) is 0. The van der Waals surface area contributed by atoms with E-state index in [0.29, 0.717) is 11.6 Å². The van der Waals surface area contributed by atoms with Crippen molar-refractivity contribution < 1.29 is 4.74 Å². The molecule has 1 heterocycles. The quantitative estimate of drug-likeness (QED) is 0.515. The summed E-state index contributed by atoms with van der Waals surface area (Å²) < 4.78 is 7.79. The maximum absolute atomic E-state index is 6.05. The fourth-order valence-corrected chi connectivity index (χ4v) is 3.09. The average Bonchev–Trinajstić information content (AvgIpc) is 2.82. The summed E-state index contributed by atoms with van der Waals surface area (Å²) in [6.45, 7) is 0.595. The van der Waals surface area contributed by atoms with E-state index in [-0.39, 0.29) is 0 Å². The molecular formula is C16H15ClN2OS. The van der Waals surface area contributed by atoms with Gasteiger partial charge in [-0.3, -0.25) is 0 Å². The lowest BCUT2D eigenvalue weighted by Gasteiger charge is -2.07. The Morgan fingerprint density at radius 1 is 1.14 bits per heavy atom. The number of fused-ring (bicyclic) bond motifs is 1. The van der Waals surface area contributed by atoms with Gasteiger partial charge in [0.25, 0.3) is 0 Å². The molecule has 108 valence electrons. The van der Waals surface area contributed by atoms with E-state index in [0.717, 1.165) is 27.7 Å². The first-order valence-electron chi connectivity index (χ1n) is 6.67. The lowest BCUT2D eigenvalue weighted by Crippen LogP contribution is -2.01. The molecule has 0 aliphatic carbocycles. The number of aryl methyl sites for hydroxylation is 1. The topological polar surface area (TPSA) is 27.1 Å². The van der Waals surface area contributed by atoms with Crippen molar-refractivity contribution in [3.63, 3.8) is 0 Å². The molecule has 0 amide bonds. The van der Waals surface area contributed by atoms with E-state index >= 15 is 0 Å². The Morgan fingerprint density at radius 3 is 2.71 bits per heavy atom. The first kappa shape index (κ1) is 14.3. The highest BCUT2D eigenvalue weighted by molar-refractivity contribution is 7.99. The molecule has 3 aromatic rings. The minimum Gasteiger partial charge on any atom is -0.491 e. The second-order valence-corrected chi connectivity index (χ2v) is 6.04. The number of benzene rings is 2. The third kappa shape index (κ3) is 3.17. The van der Waals surface area contributed by atoms with Gasteiger partial charge in [0.15, 0.2) is 5.16 Å². The van der Waals surface area contributed by atoms with Gasteiger partial charge in [0.1, 0.15) is 5.75 Å². The predicted molar refractivity (Wildman–Crippen MR) is 88.4 cm³/mol. The van der Waals surface area contributed by atoms with Crippen LogP contribution in [0.1, 0.15) is 0 Å². The lowest BCUT2D eigenvalue weighted by atomic mass is 10.3. The predicted octanol–water partition coefficient (Wildman–Crippen LogP) is 4.40. The van der Waals surface area contributed by atoms with E-state index in [1.807, 2.05) is 49.5 Å². The van der Waals surface area contributed by atoms with E-state index in [1.165, 1.54) is 0 Å². The lowest BCUT2D eigenvalue weighted by molar-refractivity contribution is 0.344. The molecule has 0 bridgehead atoms. The summed E-state index contributed by atoms with van der Waals surface area (Å²) in [6, 6.07) is 15.6. The Balaban J connectivity index is 1.60. The van der Waals surface area contributed by atoms with Gasteiger partial charge in [-0.2, -0.15) is 0 Å². The Labute approximate surface area is 132 Å². The number of nitrogens with zero attached hydrogens (tertiary/aromatic N) is 2. The molecule has 1 aromatic heterocycles. The average molecular weight is 319 g/mol. The molecule has 3 rings (SSSR count). The van der Waals surface area contributed by atoms with E-state index in [2.05, 4.69) is 15.6 Å². The SMILES string of the molecule is Cn1c(SCCOc2ccccc2Cl)nc2ccccc21. The van der Waals surface area contributed by atoms with Gasteiger partial charge in [-0.15, -0.1) is 0 Å². The number of thioether (sulfide) groups is 1. The molecule has 0 fully saturated rings. The summed E-state index contributed by atoms with van der Waals surface area (Å²) >= 11 is 7.73. The van der Waals surface area contributed by atoms with Crippen LogP contribution in [0, 0.1) is 0 Å². The molecule has 5 heteroatoms. The molecule has 0 saturated heterocycles. The smallest absolute Gasteiger partial charge is 0.168 e. The molecule has 0 unspecified atom stereocenters. The van der Waals surface area contributed by atoms with Gasteiger partial charge >= 0.3 is 0 Å². The first-order chi connectivity index (χ1) is 10.3. The number of aromatic nitrogens is 2. The van der Waals surface area contributed by atoms with Crippen LogP contribution in [0.4, 0.5) is 0 Å². The summed E-state index contributed by atoms with van der Waals surface area (Å²) in [5.41, 5.74) is 2.17. The van der Waals surface area contributed by atoms with Crippen LogP contribution in [0.15, 0.2) is 53.7 Å². The van der Waals surface area contributed by atoms with Crippen molar-refractivity contribution in [2.75, 3.05) is 12.4 Å². The third-order valence-corrected chi connectivity index (χ3v) is 4.46. The van der Waals surface area contributed by atoms with Crippen LogP contribution < -0.4 is 4.74 Å². The number of ether oxygens (including phenoxy) is 1. The highest BCUT2D eigenvalue weighted by atomic mass is 35.5. The Hall–Kier alpha value is -1.65. The van der Waals surface area contributed by atoms with E-state index < -0.39 is 0 Å². The molecule has 3 nitrogen and oxygen atoms in total. The summed E-state index contributed by atoms with van der Waals surface area (Å²) in [5, 5.41) is 1.64. The fraction of sp³-hybridized carbons (Fsp3) is 0.188. The van der Waals surface area contributed by atoms with E-state index in [9.17, 15) is 0 Å². The zero-order chi connectivity index (χ0) is 14.7. The summed E-state index contributed by atoms with van der Waals surface area (Å²) in [5.74, 6) is 1.55. The maximum atomic E-state index is 6.05. The molecule has 0 radical (unpaired) electrons. The van der Waals surface area contributed by atoms with Crippen molar-refractivity contribution >= 4 is 34.4 Å². The van der Waals surface area contributed by atoms with Crippen molar-refractivity contribution in [3.8, 4) is 5.75 Å². The van der Waals surface area contributed by atoms with Gasteiger partial charge in [0.2, 0.25) is 0 Å². The number of halogens is 1. The summed E-state index contributed by atoms with van der Waals surface area (Å²) in [4.78, 5) is 4.62. The molecule has 0 aliphatic heterocycles. The number of hydrogen-bond acceptors (Lipinski definition) is 3. The van der Waals surface area contributed by atoms with E-state index in [4.69, 9.17) is 16.3 Å². The van der Waals surface area contributed by atoms with Crippen molar-refractivity contribution in [1.82, 2.24) is 9.55 Å². The minimum absolute atomic E-state index is 0.595. The zero-order valence-corrected chi connectivity index (χ0v) is 13.2. The van der Waals surface area contributed by atoms with Crippen LogP contribution in [0.5, 0.6) is 5.75 Å². The van der Waals surface area contributed by atoms with Crippen LogP contribution in [-0.2, 0) is 7.05 Å². The van der Waals surface area contributed by atoms with Crippen LogP contribution in [-0.4, -0.2) is 21.9 Å². The van der Waals surface area contributed by atoms with Gasteiger partial charge in [-0.25, -0.2) is 4.98 Å². The Bertz CT molecular complexity index is 757. The highest BCUT2D eigenvalue weighted by Crippen LogP contribution is 2.25. The van der Waals surface area contributed by atoms with Crippen molar-refractivity contribution in [2.45, 2.75) is 5.16 Å². The number of hydrogen-bond donors (Lipinski definition) is 0. The maximum Gasteiger partial charge on any atom is 0.168 e. The molecule has 0 spiro atoms. The summed E-state index contributed by atoms with van der Waals surface area (Å²) in [7, 11) is 2.03. The van der Waals surface area contributed by atoms with Gasteiger partial charge in [0.05, 0.1) is 22.7 Å². The monoisotopic (exact) mass is 318 g/mol. The van der Waals surface area contributed by atoms with Crippen molar-refractivity contribution in [3.05, 3.63) is 53.6 Å². The first-order valence-corrected chi connectivity index (χ1v) is 8.03. The van der Waals surface area contributed by atoms with Gasteiger partial charge in [-0.1, -0.05) is 47.6 Å². The molecule has 0 saturated carbocycles. The minimum atomic E-state index is 0.595. The van der Waals surface area contributed by atoms with E-state index in [1.54, 1.807) is 11.8 Å². The van der Waals surface area contributed by atoms with Gasteiger partial charge in [0, 0.05) is 12.8 Å². The van der Waals surface area contributed by atoms with Crippen molar-refractivity contribution in [1.29, 1.82) is 0 Å². The van der Waals surface area contributed by atoms with Crippen molar-refractivity contribution in [2.24, 2.45) is 7.05 Å². The number of rotatable bonds is 5. The van der Waals surface area contributed by atoms with Gasteiger partial charge in [-0.05, 0) is 24.3 Å². The van der Waals surface area contributed by atoms with Crippen LogP contribution in [0.2, 0.25) is 5.02 Å².